The van der Waals surface area contributed by atoms with Crippen LogP contribution in [0.5, 0.6) is 0 Å². The van der Waals surface area contributed by atoms with Crippen LogP contribution in [0, 0.1) is 10.1 Å². The van der Waals surface area contributed by atoms with Crippen LogP contribution < -0.4 is 5.32 Å². The maximum absolute atomic E-state index is 11.3. The lowest BCUT2D eigenvalue weighted by molar-refractivity contribution is -0.380. The highest BCUT2D eigenvalue weighted by atomic mass is 32.2. The number of hydrogen-bond donors (Lipinski definition) is 1. The first kappa shape index (κ1) is 14.4. The zero-order valence-electron chi connectivity index (χ0n) is 10.4. The summed E-state index contributed by atoms with van der Waals surface area (Å²) in [6.07, 6.45) is 2.34. The Kier molecular flexibility index (Phi) is 4.00. The van der Waals surface area contributed by atoms with Gasteiger partial charge in [0.2, 0.25) is 0 Å². The minimum absolute atomic E-state index is 0.0278. The monoisotopic (exact) mass is 313 g/mol. The Morgan fingerprint density at radius 1 is 1.35 bits per heavy atom. The number of thiazole rings is 1. The molecular formula is C11H11N3O4S2. The van der Waals surface area contributed by atoms with Gasteiger partial charge in [-0.25, -0.2) is 13.4 Å². The van der Waals surface area contributed by atoms with Gasteiger partial charge in [-0.3, -0.25) is 10.1 Å². The SMILES string of the molecule is CS(=O)(=O)c1ccc(CNc2ncc([N+](=O)[O-])s2)cc1. The number of nitrogens with zero attached hydrogens (tertiary/aromatic N) is 2. The molecule has 0 aliphatic rings. The van der Waals surface area contributed by atoms with Crippen LogP contribution in [0.2, 0.25) is 0 Å². The van der Waals surface area contributed by atoms with Gasteiger partial charge in [0, 0.05) is 12.8 Å². The first-order chi connectivity index (χ1) is 9.36. The first-order valence-corrected chi connectivity index (χ1v) is 8.20. The van der Waals surface area contributed by atoms with Crippen molar-refractivity contribution in [2.24, 2.45) is 0 Å². The third-order valence-corrected chi connectivity index (χ3v) is 4.50. The molecule has 2 aromatic rings. The number of hydrogen-bond acceptors (Lipinski definition) is 7. The molecule has 0 saturated heterocycles. The second kappa shape index (κ2) is 5.55. The molecule has 0 amide bonds. The molecule has 106 valence electrons. The summed E-state index contributed by atoms with van der Waals surface area (Å²) in [5.41, 5.74) is 0.857. The van der Waals surface area contributed by atoms with E-state index in [1.54, 1.807) is 12.1 Å². The van der Waals surface area contributed by atoms with Gasteiger partial charge in [-0.2, -0.15) is 0 Å². The van der Waals surface area contributed by atoms with E-state index in [-0.39, 0.29) is 9.90 Å². The summed E-state index contributed by atoms with van der Waals surface area (Å²) in [6, 6.07) is 6.42. The number of aromatic nitrogens is 1. The minimum atomic E-state index is -3.20. The predicted octanol–water partition coefficient (Wildman–Crippen LogP) is 2.07. The number of sulfone groups is 1. The van der Waals surface area contributed by atoms with Gasteiger partial charge in [0.05, 0.1) is 9.82 Å². The van der Waals surface area contributed by atoms with Crippen molar-refractivity contribution in [3.05, 3.63) is 46.1 Å². The number of nitrogens with one attached hydrogen (secondary N) is 1. The number of anilines is 1. The first-order valence-electron chi connectivity index (χ1n) is 5.49. The van der Waals surface area contributed by atoms with E-state index in [4.69, 9.17) is 0 Å². The van der Waals surface area contributed by atoms with E-state index in [9.17, 15) is 18.5 Å². The van der Waals surface area contributed by atoms with Gasteiger partial charge in [-0.1, -0.05) is 12.1 Å². The van der Waals surface area contributed by atoms with Crippen molar-refractivity contribution in [2.45, 2.75) is 11.4 Å². The fraction of sp³-hybridized carbons (Fsp3) is 0.182. The molecule has 2 rings (SSSR count). The average Bonchev–Trinajstić information content (AvgIpc) is 2.85. The summed E-state index contributed by atoms with van der Waals surface area (Å²) in [7, 11) is -3.20. The van der Waals surface area contributed by atoms with E-state index in [1.807, 2.05) is 0 Å². The Bertz CT molecular complexity index is 722. The van der Waals surface area contributed by atoms with Crippen molar-refractivity contribution in [1.29, 1.82) is 0 Å². The average molecular weight is 313 g/mol. The maximum atomic E-state index is 11.3. The normalized spacial score (nSPS) is 11.2. The maximum Gasteiger partial charge on any atom is 0.345 e. The second-order valence-electron chi connectivity index (χ2n) is 4.03. The summed E-state index contributed by atoms with van der Waals surface area (Å²) in [5, 5.41) is 13.9. The molecule has 1 N–H and O–H groups in total. The molecule has 1 aromatic carbocycles. The molecule has 7 nitrogen and oxygen atoms in total. The molecule has 0 fully saturated rings. The van der Waals surface area contributed by atoms with Gasteiger partial charge in [-0.05, 0) is 29.0 Å². The molecule has 0 radical (unpaired) electrons. The molecule has 0 spiro atoms. The quantitative estimate of drug-likeness (QED) is 0.669. The van der Waals surface area contributed by atoms with E-state index in [0.717, 1.165) is 23.2 Å². The zero-order chi connectivity index (χ0) is 14.8. The molecule has 0 aliphatic carbocycles. The third-order valence-electron chi connectivity index (χ3n) is 2.47. The Labute approximate surface area is 119 Å². The smallest absolute Gasteiger partial charge is 0.345 e. The molecule has 1 heterocycles. The summed E-state index contributed by atoms with van der Waals surface area (Å²) in [6.45, 7) is 0.411. The van der Waals surface area contributed by atoms with Crippen molar-refractivity contribution in [3.63, 3.8) is 0 Å². The number of rotatable bonds is 5. The molecule has 0 unspecified atom stereocenters. The zero-order valence-corrected chi connectivity index (χ0v) is 12.1. The summed E-state index contributed by atoms with van der Waals surface area (Å²) < 4.78 is 22.6. The van der Waals surface area contributed by atoms with Crippen LogP contribution in [0.3, 0.4) is 0 Å². The van der Waals surface area contributed by atoms with Gasteiger partial charge >= 0.3 is 5.00 Å². The molecule has 0 aliphatic heterocycles. The standard InChI is InChI=1S/C11H11N3O4S2/c1-20(17,18)9-4-2-8(3-5-9)6-12-11-13-7-10(19-11)14(15)16/h2-5,7H,6H2,1H3,(H,12,13). The summed E-state index contributed by atoms with van der Waals surface area (Å²) >= 11 is 0.950. The van der Waals surface area contributed by atoms with Crippen LogP contribution in [-0.2, 0) is 16.4 Å². The van der Waals surface area contributed by atoms with Gasteiger partial charge < -0.3 is 5.32 Å². The van der Waals surface area contributed by atoms with Gasteiger partial charge in [-0.15, -0.1) is 0 Å². The predicted molar refractivity (Wildman–Crippen MR) is 75.6 cm³/mol. The van der Waals surface area contributed by atoms with Gasteiger partial charge in [0.25, 0.3) is 0 Å². The van der Waals surface area contributed by atoms with Crippen LogP contribution in [0.25, 0.3) is 0 Å². The van der Waals surface area contributed by atoms with Crippen molar-refractivity contribution < 1.29 is 13.3 Å². The third kappa shape index (κ3) is 3.52. The van der Waals surface area contributed by atoms with Crippen molar-refractivity contribution in [1.82, 2.24) is 4.98 Å². The molecule has 20 heavy (non-hydrogen) atoms. The highest BCUT2D eigenvalue weighted by Crippen LogP contribution is 2.25. The van der Waals surface area contributed by atoms with Crippen molar-refractivity contribution in [3.8, 4) is 0 Å². The van der Waals surface area contributed by atoms with E-state index in [2.05, 4.69) is 10.3 Å². The lowest BCUT2D eigenvalue weighted by atomic mass is 10.2. The van der Waals surface area contributed by atoms with E-state index in [1.165, 1.54) is 18.3 Å². The number of benzene rings is 1. The Hall–Kier alpha value is -2.00. The molecule has 0 bridgehead atoms. The molecule has 0 saturated carbocycles. The van der Waals surface area contributed by atoms with E-state index >= 15 is 0 Å². The molecular weight excluding hydrogens is 302 g/mol. The highest BCUT2D eigenvalue weighted by molar-refractivity contribution is 7.90. The molecule has 0 atom stereocenters. The summed E-state index contributed by atoms with van der Waals surface area (Å²) in [5.74, 6) is 0. The fourth-order valence-electron chi connectivity index (χ4n) is 1.46. The van der Waals surface area contributed by atoms with Gasteiger partial charge in [0.15, 0.2) is 15.0 Å². The Balaban J connectivity index is 2.02. The second-order valence-corrected chi connectivity index (χ2v) is 7.06. The van der Waals surface area contributed by atoms with Crippen LogP contribution in [0.1, 0.15) is 5.56 Å². The molecule has 9 heteroatoms. The Morgan fingerprint density at radius 3 is 2.50 bits per heavy atom. The minimum Gasteiger partial charge on any atom is -0.357 e. The largest absolute Gasteiger partial charge is 0.357 e. The van der Waals surface area contributed by atoms with Gasteiger partial charge in [0.1, 0.15) is 6.20 Å². The highest BCUT2D eigenvalue weighted by Gasteiger charge is 2.11. The van der Waals surface area contributed by atoms with E-state index < -0.39 is 14.8 Å². The van der Waals surface area contributed by atoms with E-state index in [0.29, 0.717) is 11.7 Å². The summed E-state index contributed by atoms with van der Waals surface area (Å²) in [4.78, 5) is 14.1. The van der Waals surface area contributed by atoms with Crippen LogP contribution in [0.4, 0.5) is 10.1 Å². The topological polar surface area (TPSA) is 102 Å². The number of nitro groups is 1. The van der Waals surface area contributed by atoms with Crippen LogP contribution in [-0.4, -0.2) is 24.6 Å². The van der Waals surface area contributed by atoms with Crippen LogP contribution in [0.15, 0.2) is 35.4 Å². The molecule has 1 aromatic heterocycles. The van der Waals surface area contributed by atoms with Crippen molar-refractivity contribution in [2.75, 3.05) is 11.6 Å². The fourth-order valence-corrected chi connectivity index (χ4v) is 2.72. The lowest BCUT2D eigenvalue weighted by Gasteiger charge is -2.03. The van der Waals surface area contributed by atoms with Crippen molar-refractivity contribution >= 4 is 31.3 Å². The lowest BCUT2D eigenvalue weighted by Crippen LogP contribution is -2.00. The Morgan fingerprint density at radius 2 is 2.00 bits per heavy atom. The van der Waals surface area contributed by atoms with Crippen LogP contribution >= 0.6 is 11.3 Å².